The molecular weight excluding hydrogens is 348 g/mol. The molecule has 2 aromatic carbocycles. The Balaban J connectivity index is 1.84. The van der Waals surface area contributed by atoms with Gasteiger partial charge in [-0.3, -0.25) is 0 Å². The van der Waals surface area contributed by atoms with Crippen LogP contribution in [0.15, 0.2) is 53.0 Å². The van der Waals surface area contributed by atoms with Crippen molar-refractivity contribution in [1.29, 1.82) is 0 Å². The van der Waals surface area contributed by atoms with E-state index in [4.69, 9.17) is 0 Å². The van der Waals surface area contributed by atoms with Crippen molar-refractivity contribution in [3.05, 3.63) is 75.8 Å². The Labute approximate surface area is 136 Å². The molecule has 0 amide bonds. The lowest BCUT2D eigenvalue weighted by Gasteiger charge is -2.37. The average molecular weight is 362 g/mol. The molecule has 112 valence electrons. The highest BCUT2D eigenvalue weighted by Gasteiger charge is 2.39. The topological polar surface area (TPSA) is 12.0 Å². The third-order valence-electron chi connectivity index (χ3n) is 4.59. The maximum Gasteiger partial charge on any atom is 0.147 e. The predicted octanol–water partition coefficient (Wildman–Crippen LogP) is 5.55. The van der Waals surface area contributed by atoms with Gasteiger partial charge in [0.15, 0.2) is 0 Å². The monoisotopic (exact) mass is 361 g/mol. The largest absolute Gasteiger partial charge is 0.375 e. The van der Waals surface area contributed by atoms with Gasteiger partial charge in [0.1, 0.15) is 11.6 Å². The molecule has 0 aromatic heterocycles. The van der Waals surface area contributed by atoms with Gasteiger partial charge < -0.3 is 5.32 Å². The van der Waals surface area contributed by atoms with Crippen molar-refractivity contribution in [2.45, 2.75) is 18.4 Å². The molecule has 0 saturated heterocycles. The van der Waals surface area contributed by atoms with Gasteiger partial charge in [0.2, 0.25) is 0 Å². The lowest BCUT2D eigenvalue weighted by molar-refractivity contribution is 0.419. The van der Waals surface area contributed by atoms with E-state index in [1.807, 2.05) is 12.1 Å². The van der Waals surface area contributed by atoms with Crippen LogP contribution in [0.3, 0.4) is 0 Å². The molecule has 22 heavy (non-hydrogen) atoms. The molecule has 4 rings (SSSR count). The van der Waals surface area contributed by atoms with Crippen molar-refractivity contribution in [1.82, 2.24) is 0 Å². The summed E-state index contributed by atoms with van der Waals surface area (Å²) in [7, 11) is 0. The third-order valence-corrected chi connectivity index (χ3v) is 5.05. The number of nitrogens with one attached hydrogen (secondary N) is 1. The van der Waals surface area contributed by atoms with Crippen LogP contribution in [-0.4, -0.2) is 0 Å². The molecule has 3 atom stereocenters. The lowest BCUT2D eigenvalue weighted by atomic mass is 9.77. The summed E-state index contributed by atoms with van der Waals surface area (Å²) in [6.45, 7) is 0. The van der Waals surface area contributed by atoms with Crippen LogP contribution in [0.4, 0.5) is 14.5 Å². The van der Waals surface area contributed by atoms with E-state index in [1.54, 1.807) is 6.07 Å². The summed E-state index contributed by atoms with van der Waals surface area (Å²) in [5.74, 6) is -0.0899. The fourth-order valence-corrected chi connectivity index (χ4v) is 4.10. The molecule has 0 radical (unpaired) electrons. The number of rotatable bonds is 1. The van der Waals surface area contributed by atoms with Gasteiger partial charge in [-0.05, 0) is 47.7 Å². The highest BCUT2D eigenvalue weighted by molar-refractivity contribution is 9.10. The van der Waals surface area contributed by atoms with Crippen LogP contribution in [-0.2, 0) is 0 Å². The second-order valence-electron chi connectivity index (χ2n) is 5.88. The van der Waals surface area contributed by atoms with Crippen LogP contribution in [0.5, 0.6) is 0 Å². The smallest absolute Gasteiger partial charge is 0.147 e. The van der Waals surface area contributed by atoms with E-state index in [0.717, 1.165) is 22.0 Å². The standard InChI is InChI=1S/C18H14BrF2N/c19-11-8-15-13-5-2-6-14(13)17(22-18(15)16(21)9-11)10-3-1-4-12(20)7-10/h1-5,7-9,13-14,17,22H,6H2/t13-,14+,17+/m1/s1. The minimum atomic E-state index is -0.274. The van der Waals surface area contributed by atoms with Crippen molar-refractivity contribution >= 4 is 21.6 Å². The molecule has 4 heteroatoms. The van der Waals surface area contributed by atoms with E-state index < -0.39 is 0 Å². The van der Waals surface area contributed by atoms with Gasteiger partial charge in [0.25, 0.3) is 0 Å². The van der Waals surface area contributed by atoms with Crippen molar-refractivity contribution in [3.63, 3.8) is 0 Å². The maximum absolute atomic E-state index is 14.4. The Morgan fingerprint density at radius 2 is 2.00 bits per heavy atom. The lowest BCUT2D eigenvalue weighted by Crippen LogP contribution is -2.29. The first-order chi connectivity index (χ1) is 10.6. The Bertz CT molecular complexity index is 772. The minimum Gasteiger partial charge on any atom is -0.375 e. The number of halogens is 3. The molecule has 0 saturated carbocycles. The number of benzene rings is 2. The minimum absolute atomic E-state index is 0.0844. The van der Waals surface area contributed by atoms with Gasteiger partial charge in [-0.2, -0.15) is 0 Å². The highest BCUT2D eigenvalue weighted by atomic mass is 79.9. The van der Waals surface area contributed by atoms with E-state index in [9.17, 15) is 8.78 Å². The molecule has 0 bridgehead atoms. The number of hydrogen-bond acceptors (Lipinski definition) is 1. The van der Waals surface area contributed by atoms with Gasteiger partial charge in [-0.1, -0.05) is 40.2 Å². The predicted molar refractivity (Wildman–Crippen MR) is 86.9 cm³/mol. The zero-order valence-electron chi connectivity index (χ0n) is 11.7. The molecule has 0 spiro atoms. The molecule has 2 aliphatic rings. The Morgan fingerprint density at radius 1 is 1.14 bits per heavy atom. The van der Waals surface area contributed by atoms with Crippen LogP contribution < -0.4 is 5.32 Å². The molecular formula is C18H14BrF2N. The summed E-state index contributed by atoms with van der Waals surface area (Å²) < 4.78 is 28.7. The second-order valence-corrected chi connectivity index (χ2v) is 6.80. The summed E-state index contributed by atoms with van der Waals surface area (Å²) in [4.78, 5) is 0. The average Bonchev–Trinajstić information content (AvgIpc) is 2.96. The van der Waals surface area contributed by atoms with Crippen molar-refractivity contribution in [2.75, 3.05) is 5.32 Å². The zero-order chi connectivity index (χ0) is 15.3. The Hall–Kier alpha value is -1.68. The van der Waals surface area contributed by atoms with Crippen molar-refractivity contribution in [2.24, 2.45) is 5.92 Å². The van der Waals surface area contributed by atoms with Crippen LogP contribution in [0, 0.1) is 17.6 Å². The quantitative estimate of drug-likeness (QED) is 0.656. The number of fused-ring (bicyclic) bond motifs is 3. The second kappa shape index (κ2) is 5.20. The molecule has 2 aromatic rings. The fraction of sp³-hybridized carbons (Fsp3) is 0.222. The first-order valence-corrected chi connectivity index (χ1v) is 8.10. The molecule has 1 heterocycles. The molecule has 1 aliphatic carbocycles. The summed E-state index contributed by atoms with van der Waals surface area (Å²) in [6, 6.07) is 9.93. The van der Waals surface area contributed by atoms with Crippen LogP contribution in [0.2, 0.25) is 0 Å². The fourth-order valence-electron chi connectivity index (χ4n) is 3.65. The van der Waals surface area contributed by atoms with E-state index in [2.05, 4.69) is 33.4 Å². The van der Waals surface area contributed by atoms with Gasteiger partial charge in [0, 0.05) is 10.4 Å². The Kier molecular flexibility index (Phi) is 3.30. The molecule has 0 unspecified atom stereocenters. The molecule has 0 fully saturated rings. The third kappa shape index (κ3) is 2.17. The summed E-state index contributed by atoms with van der Waals surface area (Å²) in [6.07, 6.45) is 5.19. The highest BCUT2D eigenvalue weighted by Crippen LogP contribution is 2.51. The number of allylic oxidation sites excluding steroid dienone is 2. The first-order valence-electron chi connectivity index (χ1n) is 7.31. The van der Waals surface area contributed by atoms with Gasteiger partial charge in [-0.15, -0.1) is 0 Å². The molecule has 1 aliphatic heterocycles. The molecule has 1 nitrogen and oxygen atoms in total. The number of anilines is 1. The van der Waals surface area contributed by atoms with E-state index in [0.29, 0.717) is 5.69 Å². The summed E-state index contributed by atoms with van der Waals surface area (Å²) in [5.41, 5.74) is 2.37. The van der Waals surface area contributed by atoms with Crippen molar-refractivity contribution < 1.29 is 8.78 Å². The van der Waals surface area contributed by atoms with E-state index in [1.165, 1.54) is 18.2 Å². The van der Waals surface area contributed by atoms with Crippen LogP contribution >= 0.6 is 15.9 Å². The van der Waals surface area contributed by atoms with Crippen LogP contribution in [0.25, 0.3) is 0 Å². The molecule has 1 N–H and O–H groups in total. The van der Waals surface area contributed by atoms with Crippen molar-refractivity contribution in [3.8, 4) is 0 Å². The Morgan fingerprint density at radius 3 is 2.82 bits per heavy atom. The first kappa shape index (κ1) is 13.9. The van der Waals surface area contributed by atoms with E-state index >= 15 is 0 Å². The van der Waals surface area contributed by atoms with Crippen LogP contribution in [0.1, 0.15) is 29.5 Å². The summed E-state index contributed by atoms with van der Waals surface area (Å²) in [5, 5.41) is 3.30. The SMILES string of the molecule is Fc1cccc([C@@H]2Nc3c(F)cc(Br)cc3[C@@H]3C=CC[C@@H]32)c1. The summed E-state index contributed by atoms with van der Waals surface area (Å²) >= 11 is 3.37. The van der Waals surface area contributed by atoms with Gasteiger partial charge in [-0.25, -0.2) is 8.78 Å². The maximum atomic E-state index is 14.4. The van der Waals surface area contributed by atoms with Gasteiger partial charge in [0.05, 0.1) is 11.7 Å². The number of hydrogen-bond donors (Lipinski definition) is 1. The van der Waals surface area contributed by atoms with Gasteiger partial charge >= 0.3 is 0 Å². The normalized spacial score (nSPS) is 25.5. The zero-order valence-corrected chi connectivity index (χ0v) is 13.3. The van der Waals surface area contributed by atoms with E-state index in [-0.39, 0.29) is 29.5 Å².